The Morgan fingerprint density at radius 1 is 1.04 bits per heavy atom. The first-order chi connectivity index (χ1) is 12.5. The molecule has 0 bridgehead atoms. The van der Waals surface area contributed by atoms with Crippen LogP contribution in [-0.4, -0.2) is 36.6 Å². The van der Waals surface area contributed by atoms with Crippen LogP contribution < -0.4 is 16.0 Å². The van der Waals surface area contributed by atoms with E-state index in [1.54, 1.807) is 0 Å². The smallest absolute Gasteiger partial charge is 0.248 e. The SMILES string of the molecule is Cc1ccc(OCCN(C)CCc2ccc(N)cc2)c2ccc(=O)[nH]c12. The number of nitrogens with two attached hydrogens (primary N) is 1. The highest BCUT2D eigenvalue weighted by Gasteiger charge is 2.06. The first-order valence-electron chi connectivity index (χ1n) is 8.81. The van der Waals surface area contributed by atoms with Gasteiger partial charge in [-0.3, -0.25) is 4.79 Å². The largest absolute Gasteiger partial charge is 0.492 e. The average molecular weight is 351 g/mol. The number of aromatic nitrogens is 1. The summed E-state index contributed by atoms with van der Waals surface area (Å²) in [5.74, 6) is 0.800. The fourth-order valence-corrected chi connectivity index (χ4v) is 2.92. The number of nitrogen functional groups attached to an aromatic ring is 1. The molecule has 3 rings (SSSR count). The van der Waals surface area contributed by atoms with Gasteiger partial charge in [-0.25, -0.2) is 0 Å². The van der Waals surface area contributed by atoms with Gasteiger partial charge in [0, 0.05) is 30.2 Å². The van der Waals surface area contributed by atoms with E-state index in [-0.39, 0.29) is 5.56 Å². The molecule has 0 unspecified atom stereocenters. The molecule has 0 aliphatic carbocycles. The average Bonchev–Trinajstić information content (AvgIpc) is 2.63. The summed E-state index contributed by atoms with van der Waals surface area (Å²) in [4.78, 5) is 16.7. The van der Waals surface area contributed by atoms with Crippen molar-refractivity contribution >= 4 is 16.6 Å². The summed E-state index contributed by atoms with van der Waals surface area (Å²) in [7, 11) is 2.09. The molecule has 26 heavy (non-hydrogen) atoms. The van der Waals surface area contributed by atoms with Crippen LogP contribution in [0.4, 0.5) is 5.69 Å². The lowest BCUT2D eigenvalue weighted by atomic mass is 10.1. The van der Waals surface area contributed by atoms with E-state index in [1.165, 1.54) is 11.6 Å². The van der Waals surface area contributed by atoms with Gasteiger partial charge in [-0.1, -0.05) is 18.2 Å². The van der Waals surface area contributed by atoms with Gasteiger partial charge in [-0.05, 0) is 55.8 Å². The second kappa shape index (κ2) is 8.06. The summed E-state index contributed by atoms with van der Waals surface area (Å²) < 4.78 is 5.97. The van der Waals surface area contributed by atoms with Crippen molar-refractivity contribution in [3.05, 3.63) is 70.0 Å². The monoisotopic (exact) mass is 351 g/mol. The van der Waals surface area contributed by atoms with Crippen LogP contribution in [0.1, 0.15) is 11.1 Å². The maximum Gasteiger partial charge on any atom is 0.248 e. The number of anilines is 1. The van der Waals surface area contributed by atoms with Crippen LogP contribution in [0, 0.1) is 6.92 Å². The highest BCUT2D eigenvalue weighted by Crippen LogP contribution is 2.25. The number of fused-ring (bicyclic) bond motifs is 1. The second-order valence-corrected chi connectivity index (χ2v) is 6.64. The molecule has 0 saturated carbocycles. The number of nitrogens with one attached hydrogen (secondary N) is 1. The van der Waals surface area contributed by atoms with E-state index in [0.29, 0.717) is 6.61 Å². The zero-order valence-corrected chi connectivity index (χ0v) is 15.3. The van der Waals surface area contributed by atoms with Crippen LogP contribution in [-0.2, 0) is 6.42 Å². The van der Waals surface area contributed by atoms with Crippen LogP contribution in [0.5, 0.6) is 5.75 Å². The second-order valence-electron chi connectivity index (χ2n) is 6.64. The number of rotatable bonds is 7. The van der Waals surface area contributed by atoms with E-state index >= 15 is 0 Å². The molecule has 0 radical (unpaired) electrons. The molecule has 2 aromatic carbocycles. The number of hydrogen-bond donors (Lipinski definition) is 2. The van der Waals surface area contributed by atoms with Crippen molar-refractivity contribution in [2.75, 3.05) is 32.5 Å². The Balaban J connectivity index is 1.54. The molecule has 0 saturated heterocycles. The van der Waals surface area contributed by atoms with Crippen molar-refractivity contribution in [1.82, 2.24) is 9.88 Å². The van der Waals surface area contributed by atoms with E-state index in [4.69, 9.17) is 10.5 Å². The Morgan fingerprint density at radius 2 is 1.81 bits per heavy atom. The molecule has 1 heterocycles. The molecule has 0 aliphatic heterocycles. The van der Waals surface area contributed by atoms with Crippen molar-refractivity contribution < 1.29 is 4.74 Å². The van der Waals surface area contributed by atoms with Gasteiger partial charge >= 0.3 is 0 Å². The maximum absolute atomic E-state index is 11.5. The summed E-state index contributed by atoms with van der Waals surface area (Å²) >= 11 is 0. The first kappa shape index (κ1) is 18.0. The predicted molar refractivity (Wildman–Crippen MR) is 107 cm³/mol. The van der Waals surface area contributed by atoms with Crippen molar-refractivity contribution in [2.24, 2.45) is 0 Å². The van der Waals surface area contributed by atoms with Crippen molar-refractivity contribution in [3.8, 4) is 5.75 Å². The summed E-state index contributed by atoms with van der Waals surface area (Å²) in [5, 5.41) is 0.939. The maximum atomic E-state index is 11.5. The molecule has 0 aliphatic rings. The first-order valence-corrected chi connectivity index (χ1v) is 8.81. The number of aromatic amines is 1. The third-order valence-corrected chi connectivity index (χ3v) is 4.56. The van der Waals surface area contributed by atoms with Gasteiger partial charge in [0.15, 0.2) is 0 Å². The van der Waals surface area contributed by atoms with E-state index in [1.807, 2.05) is 37.3 Å². The molecule has 0 fully saturated rings. The Kier molecular flexibility index (Phi) is 5.58. The topological polar surface area (TPSA) is 71.3 Å². The van der Waals surface area contributed by atoms with Gasteiger partial charge in [0.05, 0.1) is 5.52 Å². The lowest BCUT2D eigenvalue weighted by Gasteiger charge is -2.18. The number of benzene rings is 2. The molecule has 136 valence electrons. The van der Waals surface area contributed by atoms with Crippen molar-refractivity contribution in [2.45, 2.75) is 13.3 Å². The number of likely N-dealkylation sites (N-methyl/N-ethyl adjacent to an activating group) is 1. The predicted octanol–water partition coefficient (Wildman–Crippen LogP) is 2.97. The number of H-pyrrole nitrogens is 1. The molecule has 5 nitrogen and oxygen atoms in total. The van der Waals surface area contributed by atoms with Gasteiger partial charge < -0.3 is 20.4 Å². The number of nitrogens with zero attached hydrogens (tertiary/aromatic N) is 1. The number of ether oxygens (including phenoxy) is 1. The van der Waals surface area contributed by atoms with Crippen LogP contribution >= 0.6 is 0 Å². The van der Waals surface area contributed by atoms with Crippen LogP contribution in [0.2, 0.25) is 0 Å². The number of aryl methyl sites for hydroxylation is 1. The molecular formula is C21H25N3O2. The number of pyridine rings is 1. The highest BCUT2D eigenvalue weighted by atomic mass is 16.5. The fourth-order valence-electron chi connectivity index (χ4n) is 2.92. The van der Waals surface area contributed by atoms with E-state index < -0.39 is 0 Å². The Labute approximate surface area is 153 Å². The molecule has 0 atom stereocenters. The summed E-state index contributed by atoms with van der Waals surface area (Å²) in [6, 6.07) is 15.3. The van der Waals surface area contributed by atoms with Crippen molar-refractivity contribution in [1.29, 1.82) is 0 Å². The standard InChI is InChI=1S/C21H25N3O2/c1-15-3-9-19(18-8-10-20(25)23-21(15)18)26-14-13-24(2)12-11-16-4-6-17(22)7-5-16/h3-10H,11-14,22H2,1-2H3,(H,23,25). The molecule has 0 amide bonds. The van der Waals surface area contributed by atoms with Crippen LogP contribution in [0.3, 0.4) is 0 Å². The Morgan fingerprint density at radius 3 is 2.58 bits per heavy atom. The quantitative estimate of drug-likeness (QED) is 0.642. The highest BCUT2D eigenvalue weighted by molar-refractivity contribution is 5.87. The molecule has 3 N–H and O–H groups in total. The van der Waals surface area contributed by atoms with Crippen LogP contribution in [0.25, 0.3) is 10.9 Å². The zero-order chi connectivity index (χ0) is 18.5. The normalized spacial score (nSPS) is 11.2. The van der Waals surface area contributed by atoms with Gasteiger partial charge in [0.2, 0.25) is 5.56 Å². The van der Waals surface area contributed by atoms with Gasteiger partial charge in [0.25, 0.3) is 0 Å². The zero-order valence-electron chi connectivity index (χ0n) is 15.3. The summed E-state index contributed by atoms with van der Waals surface area (Å²) in [6.07, 6.45) is 0.978. The molecule has 0 spiro atoms. The third kappa shape index (κ3) is 4.43. The molecule has 1 aromatic heterocycles. The molecular weight excluding hydrogens is 326 g/mol. The van der Waals surface area contributed by atoms with Gasteiger partial charge in [0.1, 0.15) is 12.4 Å². The minimum absolute atomic E-state index is 0.0971. The minimum atomic E-state index is -0.0971. The third-order valence-electron chi connectivity index (χ3n) is 4.56. The minimum Gasteiger partial charge on any atom is -0.492 e. The van der Waals surface area contributed by atoms with Gasteiger partial charge in [-0.15, -0.1) is 0 Å². The lowest BCUT2D eigenvalue weighted by molar-refractivity contribution is 0.240. The molecule has 3 aromatic rings. The Bertz CT molecular complexity index is 932. The van der Waals surface area contributed by atoms with E-state index in [0.717, 1.165) is 47.4 Å². The van der Waals surface area contributed by atoms with E-state index in [2.05, 4.69) is 29.1 Å². The fraction of sp³-hybridized carbons (Fsp3) is 0.286. The molecule has 5 heteroatoms. The Hall–Kier alpha value is -2.79. The van der Waals surface area contributed by atoms with Crippen LogP contribution in [0.15, 0.2) is 53.3 Å². The summed E-state index contributed by atoms with van der Waals surface area (Å²) in [6.45, 7) is 4.35. The lowest BCUT2D eigenvalue weighted by Crippen LogP contribution is -2.26. The van der Waals surface area contributed by atoms with E-state index in [9.17, 15) is 4.79 Å². The number of hydrogen-bond acceptors (Lipinski definition) is 4. The van der Waals surface area contributed by atoms with Crippen molar-refractivity contribution in [3.63, 3.8) is 0 Å². The van der Waals surface area contributed by atoms with Gasteiger partial charge in [-0.2, -0.15) is 0 Å². The summed E-state index contributed by atoms with van der Waals surface area (Å²) in [5.41, 5.74) is 9.56.